The third kappa shape index (κ3) is 4.29. The third-order valence-electron chi connectivity index (χ3n) is 4.26. The van der Waals surface area contributed by atoms with E-state index in [1.807, 2.05) is 24.3 Å². The van der Waals surface area contributed by atoms with Crippen molar-refractivity contribution in [3.8, 4) is 10.4 Å². The molecular formula is C19H14N3NaO4S2. The van der Waals surface area contributed by atoms with Gasteiger partial charge in [0.05, 0.1) is 13.2 Å². The molecule has 0 bridgehead atoms. The summed E-state index contributed by atoms with van der Waals surface area (Å²) in [5, 5.41) is 6.63. The quantitative estimate of drug-likeness (QED) is 0.435. The zero-order valence-corrected chi connectivity index (χ0v) is 19.4. The van der Waals surface area contributed by atoms with Crippen LogP contribution < -0.4 is 34.9 Å². The molecule has 10 heteroatoms. The Morgan fingerprint density at radius 2 is 2.14 bits per heavy atom. The number of imide groups is 1. The van der Waals surface area contributed by atoms with Crippen LogP contribution >= 0.6 is 23.6 Å². The number of amides is 3. The Kier molecular flexibility index (Phi) is 6.55. The van der Waals surface area contributed by atoms with Crippen LogP contribution in [0.1, 0.15) is 27.7 Å². The maximum absolute atomic E-state index is 12.4. The summed E-state index contributed by atoms with van der Waals surface area (Å²) in [4.78, 5) is 39.0. The SMILES string of the molecule is CCOC(=O)N1Cc2cc(-c3ccc(/C=C4/[N-]C(=S)NC4=O)s3)ccc2C1=O.[Na+]. The van der Waals surface area contributed by atoms with Crippen molar-refractivity contribution in [1.82, 2.24) is 10.2 Å². The molecule has 2 aromatic rings. The number of thiocarbonyl (C=S) groups is 1. The molecule has 1 aromatic heterocycles. The second-order valence-corrected chi connectivity index (χ2v) is 7.57. The Labute approximate surface area is 198 Å². The van der Waals surface area contributed by atoms with E-state index in [-0.39, 0.29) is 65.3 Å². The van der Waals surface area contributed by atoms with E-state index in [4.69, 9.17) is 17.0 Å². The zero-order chi connectivity index (χ0) is 19.8. The zero-order valence-electron chi connectivity index (χ0n) is 15.7. The van der Waals surface area contributed by atoms with Crippen LogP contribution in [0.5, 0.6) is 0 Å². The molecule has 1 aromatic carbocycles. The van der Waals surface area contributed by atoms with Gasteiger partial charge < -0.3 is 15.4 Å². The van der Waals surface area contributed by atoms with Crippen LogP contribution in [0.15, 0.2) is 36.0 Å². The topological polar surface area (TPSA) is 89.8 Å². The molecule has 7 nitrogen and oxygen atoms in total. The number of carbonyl (C=O) groups is 3. The number of carbonyl (C=O) groups excluding carboxylic acids is 3. The monoisotopic (exact) mass is 435 g/mol. The van der Waals surface area contributed by atoms with Gasteiger partial charge in [0, 0.05) is 26.1 Å². The molecular weight excluding hydrogens is 421 g/mol. The molecule has 1 saturated heterocycles. The molecule has 1 fully saturated rings. The van der Waals surface area contributed by atoms with Crippen LogP contribution in [0.2, 0.25) is 0 Å². The van der Waals surface area contributed by atoms with Crippen molar-refractivity contribution in [2.24, 2.45) is 0 Å². The van der Waals surface area contributed by atoms with E-state index in [0.717, 1.165) is 25.8 Å². The summed E-state index contributed by atoms with van der Waals surface area (Å²) >= 11 is 6.36. The first kappa shape index (κ1) is 21.7. The van der Waals surface area contributed by atoms with Gasteiger partial charge in [-0.25, -0.2) is 9.69 Å². The third-order valence-corrected chi connectivity index (χ3v) is 5.54. The smallest absolute Gasteiger partial charge is 0.449 e. The predicted octanol–water partition coefficient (Wildman–Crippen LogP) is 0.661. The summed E-state index contributed by atoms with van der Waals surface area (Å²) in [6, 6.07) is 9.29. The predicted molar refractivity (Wildman–Crippen MR) is 109 cm³/mol. The fourth-order valence-electron chi connectivity index (χ4n) is 2.99. The number of hydrogen-bond acceptors (Lipinski definition) is 6. The molecule has 0 saturated carbocycles. The van der Waals surface area contributed by atoms with Gasteiger partial charge in [-0.2, -0.15) is 0 Å². The minimum absolute atomic E-state index is 0. The molecule has 0 spiro atoms. The second-order valence-electron chi connectivity index (χ2n) is 6.06. The largest absolute Gasteiger partial charge is 1.00 e. The normalized spacial score (nSPS) is 16.4. The summed E-state index contributed by atoms with van der Waals surface area (Å²) in [5.41, 5.74) is 2.49. The van der Waals surface area contributed by atoms with Crippen LogP contribution in [0.25, 0.3) is 21.8 Å². The fraction of sp³-hybridized carbons (Fsp3) is 0.158. The van der Waals surface area contributed by atoms with E-state index in [2.05, 4.69) is 10.6 Å². The van der Waals surface area contributed by atoms with Crippen LogP contribution in [0.3, 0.4) is 0 Å². The first-order valence-electron chi connectivity index (χ1n) is 8.46. The molecule has 3 heterocycles. The van der Waals surface area contributed by atoms with E-state index in [9.17, 15) is 14.4 Å². The molecule has 2 aliphatic rings. The van der Waals surface area contributed by atoms with Gasteiger partial charge in [0.1, 0.15) is 0 Å². The molecule has 1 N–H and O–H groups in total. The van der Waals surface area contributed by atoms with Gasteiger partial charge in [-0.1, -0.05) is 18.3 Å². The molecule has 29 heavy (non-hydrogen) atoms. The first-order chi connectivity index (χ1) is 13.5. The summed E-state index contributed by atoms with van der Waals surface area (Å²) in [5.74, 6) is -0.656. The minimum atomic E-state index is -0.633. The molecule has 0 unspecified atom stereocenters. The van der Waals surface area contributed by atoms with Crippen LogP contribution in [0.4, 0.5) is 4.79 Å². The summed E-state index contributed by atoms with van der Waals surface area (Å²) in [6.45, 7) is 2.11. The second kappa shape index (κ2) is 8.76. The van der Waals surface area contributed by atoms with Crippen molar-refractivity contribution in [1.29, 1.82) is 0 Å². The summed E-state index contributed by atoms with van der Waals surface area (Å²) < 4.78 is 4.94. The Morgan fingerprint density at radius 1 is 1.34 bits per heavy atom. The van der Waals surface area contributed by atoms with Crippen molar-refractivity contribution in [3.63, 3.8) is 0 Å². The average Bonchev–Trinajstić information content (AvgIpc) is 3.34. The number of thiophene rings is 1. The number of hydrogen-bond donors (Lipinski definition) is 1. The van der Waals surface area contributed by atoms with Crippen LogP contribution in [0, 0.1) is 0 Å². The van der Waals surface area contributed by atoms with E-state index in [0.29, 0.717) is 5.56 Å². The van der Waals surface area contributed by atoms with Gasteiger partial charge in [-0.05, 0) is 48.4 Å². The van der Waals surface area contributed by atoms with Crippen molar-refractivity contribution in [2.45, 2.75) is 13.5 Å². The average molecular weight is 435 g/mol. The molecule has 0 radical (unpaired) electrons. The van der Waals surface area contributed by atoms with E-state index < -0.39 is 6.09 Å². The molecule has 0 atom stereocenters. The Morgan fingerprint density at radius 3 is 2.83 bits per heavy atom. The molecule has 3 amide bonds. The number of benzene rings is 1. The van der Waals surface area contributed by atoms with Crippen molar-refractivity contribution >= 4 is 52.7 Å². The van der Waals surface area contributed by atoms with Crippen molar-refractivity contribution in [3.05, 3.63) is 57.3 Å². The number of nitrogens with zero attached hydrogens (tertiary/aromatic N) is 2. The first-order valence-corrected chi connectivity index (χ1v) is 9.69. The van der Waals surface area contributed by atoms with Gasteiger partial charge >= 0.3 is 35.7 Å². The van der Waals surface area contributed by atoms with E-state index in [1.54, 1.807) is 19.1 Å². The maximum Gasteiger partial charge on any atom is 1.00 e. The van der Waals surface area contributed by atoms with E-state index in [1.165, 1.54) is 11.3 Å². The van der Waals surface area contributed by atoms with Crippen molar-refractivity contribution in [2.75, 3.05) is 6.61 Å². The van der Waals surface area contributed by atoms with Gasteiger partial charge in [0.15, 0.2) is 5.91 Å². The minimum Gasteiger partial charge on any atom is -0.449 e. The molecule has 0 aliphatic carbocycles. The van der Waals surface area contributed by atoms with E-state index >= 15 is 0 Å². The summed E-state index contributed by atoms with van der Waals surface area (Å²) in [7, 11) is 0. The molecule has 142 valence electrons. The Hall–Kier alpha value is -2.04. The van der Waals surface area contributed by atoms with Gasteiger partial charge in [-0.3, -0.25) is 9.59 Å². The Balaban J connectivity index is 0.00000240. The summed E-state index contributed by atoms with van der Waals surface area (Å²) in [6.07, 6.45) is 1.05. The van der Waals surface area contributed by atoms with Crippen LogP contribution in [-0.4, -0.2) is 34.5 Å². The molecule has 2 aliphatic heterocycles. The van der Waals surface area contributed by atoms with Gasteiger partial charge in [0.2, 0.25) is 0 Å². The number of fused-ring (bicyclic) bond motifs is 1. The maximum atomic E-state index is 12.4. The Bertz CT molecular complexity index is 1060. The van der Waals surface area contributed by atoms with Crippen LogP contribution in [-0.2, 0) is 16.1 Å². The van der Waals surface area contributed by atoms with Gasteiger partial charge in [-0.15, -0.1) is 11.3 Å². The molecule has 4 rings (SSSR count). The number of rotatable bonds is 3. The van der Waals surface area contributed by atoms with Gasteiger partial charge in [0.25, 0.3) is 5.91 Å². The number of nitrogens with one attached hydrogen (secondary N) is 1. The number of ether oxygens (including phenoxy) is 1. The standard InChI is InChI=1S/C19H15N3O4S2.Na/c1-2-26-19(25)22-9-11-7-10(3-5-13(11)17(22)24)15-6-4-12(28-15)8-14-16(23)21-18(27)20-14;/h3-8H,2,9H2,1H3,(H2,20,21,23,24,27);/q;+1/p-1. The fourth-order valence-corrected chi connectivity index (χ4v) is 4.12. The van der Waals surface area contributed by atoms with Crippen molar-refractivity contribution < 1.29 is 48.7 Å².